The van der Waals surface area contributed by atoms with Gasteiger partial charge in [0.05, 0.1) is 32.0 Å². The van der Waals surface area contributed by atoms with Gasteiger partial charge in [-0.1, -0.05) is 22.9 Å². The molecular formula is C18H14BrClF2N2O4S2. The third-order valence-corrected chi connectivity index (χ3v) is 7.90. The molecule has 0 atom stereocenters. The number of anilines is 1. The second-order valence-electron chi connectivity index (χ2n) is 5.83. The van der Waals surface area contributed by atoms with Crippen molar-refractivity contribution < 1.29 is 26.7 Å². The minimum Gasteiger partial charge on any atom is -0.497 e. The molecule has 0 aliphatic carbocycles. The molecule has 30 heavy (non-hydrogen) atoms. The van der Waals surface area contributed by atoms with E-state index in [9.17, 15) is 17.2 Å². The van der Waals surface area contributed by atoms with Crippen molar-refractivity contribution in [1.82, 2.24) is 4.98 Å². The Balaban J connectivity index is 2.17. The topological polar surface area (TPSA) is 68.7 Å². The van der Waals surface area contributed by atoms with Crippen LogP contribution in [0, 0.1) is 10.9 Å². The van der Waals surface area contributed by atoms with Crippen molar-refractivity contribution in [2.45, 2.75) is 11.4 Å². The van der Waals surface area contributed by atoms with Gasteiger partial charge in [-0.05, 0) is 46.3 Å². The zero-order chi connectivity index (χ0) is 22.1. The molecule has 0 N–H and O–H groups in total. The maximum Gasteiger partial charge on any atom is 0.269 e. The van der Waals surface area contributed by atoms with Crippen molar-refractivity contribution in [3.8, 4) is 11.5 Å². The second kappa shape index (κ2) is 9.04. The van der Waals surface area contributed by atoms with Gasteiger partial charge in [-0.2, -0.15) is 4.39 Å². The van der Waals surface area contributed by atoms with Crippen LogP contribution < -0.4 is 13.8 Å². The Bertz CT molecular complexity index is 1190. The minimum atomic E-state index is -4.52. The smallest absolute Gasteiger partial charge is 0.269 e. The summed E-state index contributed by atoms with van der Waals surface area (Å²) in [7, 11) is -1.64. The highest BCUT2D eigenvalue weighted by Crippen LogP contribution is 2.35. The summed E-state index contributed by atoms with van der Waals surface area (Å²) in [4.78, 5) is 3.15. The lowest BCUT2D eigenvalue weighted by Gasteiger charge is -2.23. The van der Waals surface area contributed by atoms with Crippen molar-refractivity contribution in [3.05, 3.63) is 62.5 Å². The van der Waals surface area contributed by atoms with E-state index in [-0.39, 0.29) is 21.2 Å². The Morgan fingerprint density at radius 3 is 2.53 bits per heavy atom. The normalized spacial score (nSPS) is 11.4. The minimum absolute atomic E-state index is 0.000736. The molecule has 0 bridgehead atoms. The number of rotatable bonds is 7. The molecule has 0 spiro atoms. The molecule has 160 valence electrons. The lowest BCUT2D eigenvalue weighted by atomic mass is 10.2. The number of ether oxygens (including phenoxy) is 2. The summed E-state index contributed by atoms with van der Waals surface area (Å²) in [6, 6.07) is 6.73. The average molecular weight is 540 g/mol. The lowest BCUT2D eigenvalue weighted by molar-refractivity contribution is 0.399. The number of aromatic nitrogens is 1. The van der Waals surface area contributed by atoms with Gasteiger partial charge in [-0.15, -0.1) is 0 Å². The summed E-state index contributed by atoms with van der Waals surface area (Å²) in [5.41, 5.74) is 0.402. The Kier molecular flexibility index (Phi) is 6.85. The van der Waals surface area contributed by atoms with Crippen molar-refractivity contribution in [3.63, 3.8) is 0 Å². The van der Waals surface area contributed by atoms with E-state index >= 15 is 0 Å². The average Bonchev–Trinajstić information content (AvgIpc) is 3.14. The molecule has 1 heterocycles. The largest absolute Gasteiger partial charge is 0.497 e. The fraction of sp³-hybridized carbons (Fsp3) is 0.167. The molecular weight excluding hydrogens is 526 g/mol. The number of thiazole rings is 1. The molecule has 0 radical (unpaired) electrons. The van der Waals surface area contributed by atoms with Gasteiger partial charge in [0.25, 0.3) is 10.0 Å². The Hall–Kier alpha value is -1.95. The molecule has 12 heteroatoms. The monoisotopic (exact) mass is 538 g/mol. The van der Waals surface area contributed by atoms with Gasteiger partial charge < -0.3 is 9.47 Å². The molecule has 0 amide bonds. The first-order chi connectivity index (χ1) is 14.2. The SMILES string of the molecule is COc1ccc(OC)c(CN(c2ncc(F)s2)S(=O)(=O)c2cc(Cl)c(Br)cc2F)c1. The molecule has 6 nitrogen and oxygen atoms in total. The first kappa shape index (κ1) is 22.7. The van der Waals surface area contributed by atoms with Gasteiger partial charge >= 0.3 is 0 Å². The van der Waals surface area contributed by atoms with Crippen LogP contribution in [0.3, 0.4) is 0 Å². The van der Waals surface area contributed by atoms with E-state index in [1.54, 1.807) is 18.2 Å². The molecule has 0 aliphatic rings. The van der Waals surface area contributed by atoms with Crippen LogP contribution in [0.25, 0.3) is 0 Å². The van der Waals surface area contributed by atoms with E-state index in [2.05, 4.69) is 20.9 Å². The molecule has 2 aromatic carbocycles. The van der Waals surface area contributed by atoms with Crippen molar-refractivity contribution >= 4 is 54.0 Å². The van der Waals surface area contributed by atoms with Crippen LogP contribution in [0.2, 0.25) is 5.02 Å². The van der Waals surface area contributed by atoms with Crippen LogP contribution >= 0.6 is 38.9 Å². The molecule has 0 saturated heterocycles. The van der Waals surface area contributed by atoms with Crippen LogP contribution in [-0.2, 0) is 16.6 Å². The van der Waals surface area contributed by atoms with Crippen molar-refractivity contribution in [1.29, 1.82) is 0 Å². The predicted molar refractivity (Wildman–Crippen MR) is 114 cm³/mol. The highest BCUT2D eigenvalue weighted by Gasteiger charge is 2.32. The molecule has 3 aromatic rings. The van der Waals surface area contributed by atoms with E-state index in [4.69, 9.17) is 21.1 Å². The first-order valence-corrected chi connectivity index (χ1v) is 11.6. The number of halogens is 4. The van der Waals surface area contributed by atoms with E-state index in [1.165, 1.54) is 14.2 Å². The van der Waals surface area contributed by atoms with E-state index in [0.29, 0.717) is 28.4 Å². The highest BCUT2D eigenvalue weighted by atomic mass is 79.9. The third-order valence-electron chi connectivity index (χ3n) is 4.02. The van der Waals surface area contributed by atoms with Gasteiger partial charge in [0.2, 0.25) is 5.13 Å². The number of sulfonamides is 1. The van der Waals surface area contributed by atoms with Gasteiger partial charge in [-0.3, -0.25) is 0 Å². The lowest BCUT2D eigenvalue weighted by Crippen LogP contribution is -2.31. The number of methoxy groups -OCH3 is 2. The van der Waals surface area contributed by atoms with E-state index in [1.807, 2.05) is 0 Å². The van der Waals surface area contributed by atoms with Crippen LogP contribution in [0.1, 0.15) is 5.56 Å². The second-order valence-corrected chi connectivity index (χ2v) is 9.88. The first-order valence-electron chi connectivity index (χ1n) is 8.17. The Morgan fingerprint density at radius 1 is 1.20 bits per heavy atom. The summed E-state index contributed by atoms with van der Waals surface area (Å²) >= 11 is 9.54. The summed E-state index contributed by atoms with van der Waals surface area (Å²) in [6.45, 7) is -0.317. The molecule has 0 unspecified atom stereocenters. The number of hydrogen-bond acceptors (Lipinski definition) is 6. The summed E-state index contributed by atoms with van der Waals surface area (Å²) in [6.07, 6.45) is 0.885. The maximum atomic E-state index is 14.6. The van der Waals surface area contributed by atoms with Crippen LogP contribution in [0.4, 0.5) is 13.9 Å². The molecule has 0 fully saturated rings. The summed E-state index contributed by atoms with van der Waals surface area (Å²) < 4.78 is 66.5. The van der Waals surface area contributed by atoms with E-state index < -0.39 is 25.9 Å². The standard InChI is InChI=1S/C18H14BrClF2N2O4S2/c1-27-11-3-4-15(28-2)10(5-11)9-24(18-23-8-17(22)29-18)30(25,26)16-7-13(20)12(19)6-14(16)21/h3-8H,9H2,1-2H3. The number of nitrogens with zero attached hydrogens (tertiary/aromatic N) is 2. The Morgan fingerprint density at radius 2 is 1.93 bits per heavy atom. The fourth-order valence-electron chi connectivity index (χ4n) is 2.60. The Labute approximate surface area is 189 Å². The third kappa shape index (κ3) is 4.53. The van der Waals surface area contributed by atoms with Gasteiger partial charge in [0, 0.05) is 10.0 Å². The van der Waals surface area contributed by atoms with Crippen LogP contribution in [-0.4, -0.2) is 27.6 Å². The number of benzene rings is 2. The molecule has 0 aliphatic heterocycles. The number of hydrogen-bond donors (Lipinski definition) is 0. The quantitative estimate of drug-likeness (QED) is 0.384. The molecule has 3 rings (SSSR count). The molecule has 1 aromatic heterocycles. The van der Waals surface area contributed by atoms with E-state index in [0.717, 1.165) is 22.6 Å². The summed E-state index contributed by atoms with van der Waals surface area (Å²) in [5.74, 6) is -0.209. The zero-order valence-electron chi connectivity index (χ0n) is 15.5. The van der Waals surface area contributed by atoms with Gasteiger partial charge in [0.1, 0.15) is 22.2 Å². The molecule has 0 saturated carbocycles. The van der Waals surface area contributed by atoms with Gasteiger partial charge in [-0.25, -0.2) is 22.1 Å². The maximum absolute atomic E-state index is 14.6. The van der Waals surface area contributed by atoms with Crippen LogP contribution in [0.5, 0.6) is 11.5 Å². The van der Waals surface area contributed by atoms with Crippen LogP contribution in [0.15, 0.2) is 45.9 Å². The highest BCUT2D eigenvalue weighted by molar-refractivity contribution is 9.10. The summed E-state index contributed by atoms with van der Waals surface area (Å²) in [5, 5.41) is -0.882. The van der Waals surface area contributed by atoms with Gasteiger partial charge in [0.15, 0.2) is 5.13 Å². The fourth-order valence-corrected chi connectivity index (χ4v) is 5.47. The van der Waals surface area contributed by atoms with Crippen molar-refractivity contribution in [2.24, 2.45) is 0 Å². The zero-order valence-corrected chi connectivity index (χ0v) is 19.5. The predicted octanol–water partition coefficient (Wildman–Crippen LogP) is 5.25. The van der Waals surface area contributed by atoms with Crippen molar-refractivity contribution in [2.75, 3.05) is 18.5 Å².